The van der Waals surface area contributed by atoms with Crippen LogP contribution in [0.25, 0.3) is 0 Å². The van der Waals surface area contributed by atoms with E-state index in [1.54, 1.807) is 6.07 Å². The SMILES string of the molecule is NC(c1ccc2c(c1)OCCO2)C1(C(=O)O)CCC1. The van der Waals surface area contributed by atoms with Crippen LogP contribution in [-0.2, 0) is 4.79 Å². The number of nitrogens with two attached hydrogens (primary N) is 1. The van der Waals surface area contributed by atoms with Crippen molar-refractivity contribution in [2.24, 2.45) is 11.1 Å². The van der Waals surface area contributed by atoms with Crippen molar-refractivity contribution in [3.05, 3.63) is 23.8 Å². The first-order chi connectivity index (χ1) is 9.13. The van der Waals surface area contributed by atoms with Gasteiger partial charge in [0.1, 0.15) is 13.2 Å². The highest BCUT2D eigenvalue weighted by atomic mass is 16.6. The predicted molar refractivity (Wildman–Crippen MR) is 68.3 cm³/mol. The molecular weight excluding hydrogens is 246 g/mol. The maximum atomic E-state index is 11.5. The first kappa shape index (κ1) is 12.3. The fourth-order valence-electron chi connectivity index (χ4n) is 2.79. The molecule has 0 saturated heterocycles. The van der Waals surface area contributed by atoms with E-state index in [9.17, 15) is 9.90 Å². The molecule has 0 radical (unpaired) electrons. The summed E-state index contributed by atoms with van der Waals surface area (Å²) >= 11 is 0. The van der Waals surface area contributed by atoms with Gasteiger partial charge in [0.25, 0.3) is 0 Å². The summed E-state index contributed by atoms with van der Waals surface area (Å²) in [6.07, 6.45) is 2.19. The lowest BCUT2D eigenvalue weighted by Crippen LogP contribution is -2.46. The summed E-state index contributed by atoms with van der Waals surface area (Å²) < 4.78 is 11.0. The molecule has 2 aliphatic rings. The number of rotatable bonds is 3. The summed E-state index contributed by atoms with van der Waals surface area (Å²) in [6.45, 7) is 1.05. The largest absolute Gasteiger partial charge is 0.486 e. The van der Waals surface area contributed by atoms with Gasteiger partial charge in [-0.25, -0.2) is 0 Å². The Bertz CT molecular complexity index is 510. The third-order valence-corrected chi connectivity index (χ3v) is 4.19. The summed E-state index contributed by atoms with van der Waals surface area (Å²) in [5.41, 5.74) is 6.17. The highest BCUT2D eigenvalue weighted by Gasteiger charge is 2.49. The van der Waals surface area contributed by atoms with Crippen LogP contribution in [0.1, 0.15) is 30.9 Å². The van der Waals surface area contributed by atoms with Gasteiger partial charge in [-0.15, -0.1) is 0 Å². The lowest BCUT2D eigenvalue weighted by molar-refractivity contribution is -0.156. The van der Waals surface area contributed by atoms with E-state index in [1.165, 1.54) is 0 Å². The second kappa shape index (κ2) is 4.42. The summed E-state index contributed by atoms with van der Waals surface area (Å²) in [5.74, 6) is 0.542. The molecule has 102 valence electrons. The van der Waals surface area contributed by atoms with Gasteiger partial charge in [-0.3, -0.25) is 4.79 Å². The highest BCUT2D eigenvalue weighted by Crippen LogP contribution is 2.50. The number of carboxylic acid groups (broad SMARTS) is 1. The molecule has 0 bridgehead atoms. The van der Waals surface area contributed by atoms with Crippen molar-refractivity contribution in [2.75, 3.05) is 13.2 Å². The van der Waals surface area contributed by atoms with Crippen molar-refractivity contribution in [3.8, 4) is 11.5 Å². The molecule has 19 heavy (non-hydrogen) atoms. The number of carboxylic acids is 1. The van der Waals surface area contributed by atoms with Gasteiger partial charge in [-0.2, -0.15) is 0 Å². The fraction of sp³-hybridized carbons (Fsp3) is 0.500. The minimum absolute atomic E-state index is 0.505. The molecule has 0 amide bonds. The van der Waals surface area contributed by atoms with Gasteiger partial charge in [0, 0.05) is 6.04 Å². The molecule has 3 rings (SSSR count). The van der Waals surface area contributed by atoms with Crippen LogP contribution in [-0.4, -0.2) is 24.3 Å². The predicted octanol–water partition coefficient (Wildman–Crippen LogP) is 1.71. The fourth-order valence-corrected chi connectivity index (χ4v) is 2.79. The van der Waals surface area contributed by atoms with Crippen LogP contribution >= 0.6 is 0 Å². The van der Waals surface area contributed by atoms with Crippen LogP contribution in [0.3, 0.4) is 0 Å². The molecule has 5 heteroatoms. The standard InChI is InChI=1S/C14H17NO4/c15-12(14(13(16)17)4-1-5-14)9-2-3-10-11(8-9)19-7-6-18-10/h2-3,8,12H,1,4-7,15H2,(H,16,17). The van der Waals surface area contributed by atoms with Crippen molar-refractivity contribution < 1.29 is 19.4 Å². The van der Waals surface area contributed by atoms with Gasteiger partial charge < -0.3 is 20.3 Å². The second-order valence-electron chi connectivity index (χ2n) is 5.20. The summed E-state index contributed by atoms with van der Waals surface area (Å²) in [6, 6.07) is 4.94. The zero-order valence-electron chi connectivity index (χ0n) is 10.6. The Hall–Kier alpha value is -1.75. The minimum atomic E-state index is -0.816. The topological polar surface area (TPSA) is 81.8 Å². The molecule has 1 fully saturated rings. The van der Waals surface area contributed by atoms with E-state index in [2.05, 4.69) is 0 Å². The summed E-state index contributed by atoms with van der Waals surface area (Å²) in [4.78, 5) is 11.5. The average molecular weight is 263 g/mol. The van der Waals surface area contributed by atoms with Gasteiger partial charge in [0.05, 0.1) is 5.41 Å². The Balaban J connectivity index is 1.91. The molecule has 1 aliphatic heterocycles. The van der Waals surface area contributed by atoms with Gasteiger partial charge in [0.15, 0.2) is 11.5 Å². The maximum Gasteiger partial charge on any atom is 0.311 e. The van der Waals surface area contributed by atoms with Crippen molar-refractivity contribution in [2.45, 2.75) is 25.3 Å². The number of aliphatic carboxylic acids is 1. The van der Waals surface area contributed by atoms with E-state index >= 15 is 0 Å². The van der Waals surface area contributed by atoms with Gasteiger partial charge in [-0.1, -0.05) is 12.5 Å². The lowest BCUT2D eigenvalue weighted by Gasteiger charge is -2.42. The average Bonchev–Trinajstić information content (AvgIpc) is 2.36. The van der Waals surface area contributed by atoms with Gasteiger partial charge >= 0.3 is 5.97 Å². The molecule has 3 N–H and O–H groups in total. The van der Waals surface area contributed by atoms with Crippen LogP contribution in [0.2, 0.25) is 0 Å². The Kier molecular flexibility index (Phi) is 2.86. The first-order valence-electron chi connectivity index (χ1n) is 6.52. The Morgan fingerprint density at radius 2 is 1.95 bits per heavy atom. The van der Waals surface area contributed by atoms with Crippen molar-refractivity contribution in [3.63, 3.8) is 0 Å². The van der Waals surface area contributed by atoms with E-state index in [4.69, 9.17) is 15.2 Å². The monoisotopic (exact) mass is 263 g/mol. The molecule has 1 atom stereocenters. The number of hydrogen-bond donors (Lipinski definition) is 2. The quantitative estimate of drug-likeness (QED) is 0.867. The molecular formula is C14H17NO4. The van der Waals surface area contributed by atoms with Crippen LogP contribution < -0.4 is 15.2 Å². The van der Waals surface area contributed by atoms with Crippen molar-refractivity contribution in [1.29, 1.82) is 0 Å². The third-order valence-electron chi connectivity index (χ3n) is 4.19. The van der Waals surface area contributed by atoms with E-state index < -0.39 is 17.4 Å². The molecule has 1 aliphatic carbocycles. The molecule has 0 spiro atoms. The number of ether oxygens (including phenoxy) is 2. The van der Waals surface area contributed by atoms with E-state index in [0.717, 1.165) is 12.0 Å². The Morgan fingerprint density at radius 3 is 2.53 bits per heavy atom. The molecule has 5 nitrogen and oxygen atoms in total. The first-order valence-corrected chi connectivity index (χ1v) is 6.52. The highest BCUT2D eigenvalue weighted by molar-refractivity contribution is 5.77. The zero-order valence-corrected chi connectivity index (χ0v) is 10.6. The molecule has 1 heterocycles. The van der Waals surface area contributed by atoms with Crippen LogP contribution in [0.5, 0.6) is 11.5 Å². The molecule has 0 aromatic heterocycles. The third kappa shape index (κ3) is 1.85. The molecule has 1 unspecified atom stereocenters. The molecule has 1 aromatic rings. The van der Waals surface area contributed by atoms with Gasteiger partial charge in [-0.05, 0) is 30.5 Å². The van der Waals surface area contributed by atoms with Crippen molar-refractivity contribution >= 4 is 5.97 Å². The minimum Gasteiger partial charge on any atom is -0.486 e. The van der Waals surface area contributed by atoms with E-state index in [1.807, 2.05) is 12.1 Å². The number of fused-ring (bicyclic) bond motifs is 1. The maximum absolute atomic E-state index is 11.5. The Labute approximate surface area is 111 Å². The second-order valence-corrected chi connectivity index (χ2v) is 5.20. The van der Waals surface area contributed by atoms with E-state index in [0.29, 0.717) is 37.6 Å². The molecule has 1 saturated carbocycles. The summed E-state index contributed by atoms with van der Waals surface area (Å²) in [7, 11) is 0. The van der Waals surface area contributed by atoms with Crippen LogP contribution in [0.15, 0.2) is 18.2 Å². The van der Waals surface area contributed by atoms with Crippen LogP contribution in [0, 0.1) is 5.41 Å². The molecule has 1 aromatic carbocycles. The smallest absolute Gasteiger partial charge is 0.311 e. The number of carbonyl (C=O) groups is 1. The van der Waals surface area contributed by atoms with Gasteiger partial charge in [0.2, 0.25) is 0 Å². The number of benzene rings is 1. The van der Waals surface area contributed by atoms with Crippen LogP contribution in [0.4, 0.5) is 0 Å². The Morgan fingerprint density at radius 1 is 1.26 bits per heavy atom. The normalized spacial score (nSPS) is 21.3. The summed E-state index contributed by atoms with van der Waals surface area (Å²) in [5, 5.41) is 9.42. The van der Waals surface area contributed by atoms with Crippen molar-refractivity contribution in [1.82, 2.24) is 0 Å². The number of hydrogen-bond acceptors (Lipinski definition) is 4. The lowest BCUT2D eigenvalue weighted by atomic mass is 9.62. The van der Waals surface area contributed by atoms with E-state index in [-0.39, 0.29) is 0 Å². The zero-order chi connectivity index (χ0) is 13.5.